The van der Waals surface area contributed by atoms with Gasteiger partial charge in [0.1, 0.15) is 0 Å². The fraction of sp³-hybridized carbons (Fsp3) is 0.714. The molecule has 1 saturated heterocycles. The number of amides is 1. The van der Waals surface area contributed by atoms with Crippen molar-refractivity contribution >= 4 is 5.91 Å². The van der Waals surface area contributed by atoms with Crippen LogP contribution in [-0.2, 0) is 0 Å². The number of nitrogens with zero attached hydrogens (tertiary/aromatic N) is 3. The summed E-state index contributed by atoms with van der Waals surface area (Å²) in [5.41, 5.74) is 0.778. The molecule has 0 aliphatic carbocycles. The van der Waals surface area contributed by atoms with Crippen molar-refractivity contribution in [3.05, 3.63) is 17.3 Å². The number of oxazole rings is 1. The Balaban J connectivity index is 2.12. The van der Waals surface area contributed by atoms with E-state index in [9.17, 15) is 4.79 Å². The maximum atomic E-state index is 12.5. The van der Waals surface area contributed by atoms with Crippen LogP contribution in [0.3, 0.4) is 0 Å². The fourth-order valence-corrected chi connectivity index (χ4v) is 2.40. The van der Waals surface area contributed by atoms with Gasteiger partial charge in [-0.15, -0.1) is 0 Å². The van der Waals surface area contributed by atoms with E-state index in [1.807, 2.05) is 18.7 Å². The third-order valence-electron chi connectivity index (χ3n) is 3.61. The molecule has 0 radical (unpaired) electrons. The lowest BCUT2D eigenvalue weighted by molar-refractivity contribution is 0.0609. The highest BCUT2D eigenvalue weighted by atomic mass is 16.4. The van der Waals surface area contributed by atoms with Crippen molar-refractivity contribution in [3.63, 3.8) is 0 Å². The Kier molecular flexibility index (Phi) is 4.24. The molecule has 0 saturated carbocycles. The van der Waals surface area contributed by atoms with E-state index in [1.165, 1.54) is 0 Å². The van der Waals surface area contributed by atoms with Crippen molar-refractivity contribution in [1.29, 1.82) is 0 Å². The van der Waals surface area contributed by atoms with Gasteiger partial charge in [-0.05, 0) is 12.5 Å². The standard InChI is InChI=1S/C14H23N3O2/c1-5-16-6-8-17(9-7-16)14(18)13-12(10(2)3)15-11(4)19-13/h10H,5-9H2,1-4H3. The van der Waals surface area contributed by atoms with E-state index in [2.05, 4.69) is 16.8 Å². The zero-order valence-electron chi connectivity index (χ0n) is 12.3. The minimum atomic E-state index is -0.0138. The van der Waals surface area contributed by atoms with Gasteiger partial charge in [0.05, 0.1) is 5.69 Å². The van der Waals surface area contributed by atoms with Crippen LogP contribution >= 0.6 is 0 Å². The molecule has 1 aromatic heterocycles. The van der Waals surface area contributed by atoms with Crippen LogP contribution in [0, 0.1) is 6.92 Å². The molecule has 1 fully saturated rings. The quantitative estimate of drug-likeness (QED) is 0.837. The van der Waals surface area contributed by atoms with Crippen LogP contribution in [0.5, 0.6) is 0 Å². The van der Waals surface area contributed by atoms with E-state index in [0.29, 0.717) is 11.7 Å². The predicted molar refractivity (Wildman–Crippen MR) is 73.3 cm³/mol. The summed E-state index contributed by atoms with van der Waals surface area (Å²) in [5, 5.41) is 0. The Morgan fingerprint density at radius 3 is 2.47 bits per heavy atom. The maximum Gasteiger partial charge on any atom is 0.291 e. The highest BCUT2D eigenvalue weighted by molar-refractivity contribution is 5.92. The summed E-state index contributed by atoms with van der Waals surface area (Å²) in [6.07, 6.45) is 0. The molecular weight excluding hydrogens is 242 g/mol. The molecule has 2 rings (SSSR count). The second-order valence-electron chi connectivity index (χ2n) is 5.33. The van der Waals surface area contributed by atoms with Crippen molar-refractivity contribution in [3.8, 4) is 0 Å². The van der Waals surface area contributed by atoms with E-state index in [4.69, 9.17) is 4.42 Å². The molecule has 0 atom stereocenters. The zero-order valence-corrected chi connectivity index (χ0v) is 12.3. The van der Waals surface area contributed by atoms with Crippen LogP contribution < -0.4 is 0 Å². The molecule has 1 amide bonds. The number of carbonyl (C=O) groups excluding carboxylic acids is 1. The second kappa shape index (κ2) is 5.74. The third-order valence-corrected chi connectivity index (χ3v) is 3.61. The number of likely N-dealkylation sites (N-methyl/N-ethyl adjacent to an activating group) is 1. The lowest BCUT2D eigenvalue weighted by atomic mass is 10.1. The van der Waals surface area contributed by atoms with Crippen molar-refractivity contribution in [2.45, 2.75) is 33.6 Å². The van der Waals surface area contributed by atoms with Crippen LogP contribution in [0.1, 0.15) is 48.8 Å². The molecular formula is C14H23N3O2. The summed E-state index contributed by atoms with van der Waals surface area (Å²) < 4.78 is 5.53. The van der Waals surface area contributed by atoms with Crippen molar-refractivity contribution in [2.24, 2.45) is 0 Å². The van der Waals surface area contributed by atoms with Gasteiger partial charge in [0.25, 0.3) is 5.91 Å². The van der Waals surface area contributed by atoms with Gasteiger partial charge in [0.2, 0.25) is 5.76 Å². The van der Waals surface area contributed by atoms with E-state index >= 15 is 0 Å². The number of hydrogen-bond donors (Lipinski definition) is 0. The minimum Gasteiger partial charge on any atom is -0.436 e. The van der Waals surface area contributed by atoms with Crippen LogP contribution in [0.2, 0.25) is 0 Å². The van der Waals surface area contributed by atoms with Crippen molar-refractivity contribution in [1.82, 2.24) is 14.8 Å². The Bertz CT molecular complexity index is 446. The Labute approximate surface area is 114 Å². The molecule has 5 heteroatoms. The minimum absolute atomic E-state index is 0.0138. The topological polar surface area (TPSA) is 49.6 Å². The predicted octanol–water partition coefficient (Wildman–Crippen LogP) is 1.88. The van der Waals surface area contributed by atoms with Crippen LogP contribution in [0.4, 0.5) is 0 Å². The summed E-state index contributed by atoms with van der Waals surface area (Å²) in [4.78, 5) is 21.1. The monoisotopic (exact) mass is 265 g/mol. The number of piperazine rings is 1. The van der Waals surface area contributed by atoms with Gasteiger partial charge in [-0.1, -0.05) is 20.8 Å². The van der Waals surface area contributed by atoms with E-state index < -0.39 is 0 Å². The molecule has 1 aromatic rings. The number of aromatic nitrogens is 1. The lowest BCUT2D eigenvalue weighted by Gasteiger charge is -2.33. The molecule has 19 heavy (non-hydrogen) atoms. The summed E-state index contributed by atoms with van der Waals surface area (Å²) in [7, 11) is 0. The molecule has 2 heterocycles. The molecule has 106 valence electrons. The summed E-state index contributed by atoms with van der Waals surface area (Å²) in [6.45, 7) is 12.4. The van der Waals surface area contributed by atoms with Gasteiger partial charge >= 0.3 is 0 Å². The second-order valence-corrected chi connectivity index (χ2v) is 5.33. The SMILES string of the molecule is CCN1CCN(C(=O)c2oc(C)nc2C(C)C)CC1. The molecule has 0 bridgehead atoms. The fourth-order valence-electron chi connectivity index (χ4n) is 2.40. The molecule has 0 N–H and O–H groups in total. The van der Waals surface area contributed by atoms with Gasteiger partial charge in [0, 0.05) is 33.1 Å². The smallest absolute Gasteiger partial charge is 0.291 e. The highest BCUT2D eigenvalue weighted by Gasteiger charge is 2.27. The lowest BCUT2D eigenvalue weighted by Crippen LogP contribution is -2.48. The summed E-state index contributed by atoms with van der Waals surface area (Å²) >= 11 is 0. The van der Waals surface area contributed by atoms with Gasteiger partial charge in [-0.25, -0.2) is 4.98 Å². The first kappa shape index (κ1) is 14.1. The first-order chi connectivity index (χ1) is 9.02. The number of rotatable bonds is 3. The Morgan fingerprint density at radius 2 is 1.95 bits per heavy atom. The molecule has 5 nitrogen and oxygen atoms in total. The first-order valence-corrected chi connectivity index (χ1v) is 7.01. The van der Waals surface area contributed by atoms with E-state index in [-0.39, 0.29) is 11.8 Å². The van der Waals surface area contributed by atoms with Crippen LogP contribution in [0.25, 0.3) is 0 Å². The summed E-state index contributed by atoms with van der Waals surface area (Å²) in [5.74, 6) is 1.19. The largest absolute Gasteiger partial charge is 0.436 e. The van der Waals surface area contributed by atoms with Crippen molar-refractivity contribution < 1.29 is 9.21 Å². The van der Waals surface area contributed by atoms with Gasteiger partial charge < -0.3 is 14.2 Å². The van der Waals surface area contributed by atoms with Crippen LogP contribution in [-0.4, -0.2) is 53.4 Å². The molecule has 0 spiro atoms. The third kappa shape index (κ3) is 2.97. The normalized spacial score (nSPS) is 17.2. The highest BCUT2D eigenvalue weighted by Crippen LogP contribution is 2.21. The Hall–Kier alpha value is -1.36. The van der Waals surface area contributed by atoms with Crippen LogP contribution in [0.15, 0.2) is 4.42 Å². The number of hydrogen-bond acceptors (Lipinski definition) is 4. The molecule has 0 unspecified atom stereocenters. The zero-order chi connectivity index (χ0) is 14.0. The number of aryl methyl sites for hydroxylation is 1. The molecule has 1 aliphatic heterocycles. The van der Waals surface area contributed by atoms with Gasteiger partial charge in [-0.3, -0.25) is 4.79 Å². The average molecular weight is 265 g/mol. The molecule has 0 aromatic carbocycles. The van der Waals surface area contributed by atoms with Gasteiger partial charge in [0.15, 0.2) is 5.89 Å². The van der Waals surface area contributed by atoms with E-state index in [0.717, 1.165) is 38.4 Å². The van der Waals surface area contributed by atoms with Crippen molar-refractivity contribution in [2.75, 3.05) is 32.7 Å². The maximum absolute atomic E-state index is 12.5. The molecule has 1 aliphatic rings. The average Bonchev–Trinajstić information content (AvgIpc) is 2.80. The summed E-state index contributed by atoms with van der Waals surface area (Å²) in [6, 6.07) is 0. The number of carbonyl (C=O) groups is 1. The van der Waals surface area contributed by atoms with Gasteiger partial charge in [-0.2, -0.15) is 0 Å². The van der Waals surface area contributed by atoms with E-state index in [1.54, 1.807) is 6.92 Å². The first-order valence-electron chi connectivity index (χ1n) is 7.01. The Morgan fingerprint density at radius 1 is 1.32 bits per heavy atom.